The number of aromatic nitrogens is 1. The van der Waals surface area contributed by atoms with Crippen LogP contribution in [-0.2, 0) is 6.61 Å². The Hall–Kier alpha value is -2.63. The van der Waals surface area contributed by atoms with Gasteiger partial charge in [-0.15, -0.1) is 0 Å². The summed E-state index contributed by atoms with van der Waals surface area (Å²) < 4.78 is 18.3. The van der Waals surface area contributed by atoms with Gasteiger partial charge in [0.1, 0.15) is 23.7 Å². The highest BCUT2D eigenvalue weighted by Gasteiger charge is 2.11. The molecule has 3 N–H and O–H groups in total. The summed E-state index contributed by atoms with van der Waals surface area (Å²) in [5.74, 6) is -1.46. The first-order valence-electron chi connectivity index (χ1n) is 5.41. The van der Waals surface area contributed by atoms with Gasteiger partial charge in [0.15, 0.2) is 0 Å². The van der Waals surface area contributed by atoms with Crippen molar-refractivity contribution in [2.24, 2.45) is 0 Å². The predicted molar refractivity (Wildman–Crippen MR) is 66.3 cm³/mol. The molecule has 0 aliphatic heterocycles. The maximum absolute atomic E-state index is 12.9. The van der Waals surface area contributed by atoms with Gasteiger partial charge in [-0.3, -0.25) is 4.98 Å². The Labute approximate surface area is 108 Å². The molecule has 0 aliphatic carbocycles. The molecule has 0 fully saturated rings. The lowest BCUT2D eigenvalue weighted by Gasteiger charge is -2.09. The normalized spacial score (nSPS) is 10.2. The highest BCUT2D eigenvalue weighted by atomic mass is 19.1. The minimum Gasteiger partial charge on any atom is -0.488 e. The fourth-order valence-corrected chi connectivity index (χ4v) is 1.53. The number of halogens is 1. The maximum Gasteiger partial charge on any atom is 0.339 e. The molecule has 0 amide bonds. The van der Waals surface area contributed by atoms with Crippen LogP contribution in [0.5, 0.6) is 5.75 Å². The molecule has 2 aromatic rings. The third kappa shape index (κ3) is 3.19. The number of nitrogens with zero attached hydrogens (tertiary/aromatic N) is 1. The van der Waals surface area contributed by atoms with Crippen LogP contribution in [0.1, 0.15) is 15.9 Å². The maximum atomic E-state index is 12.9. The standard InChI is InChI=1S/C13H11FN2O3/c14-9-3-8(5-16-6-9)7-19-12-4-10(15)1-2-11(12)13(17)18/h1-6H,7,15H2,(H,17,18). The number of carboxylic acids is 1. The van der Waals surface area contributed by atoms with E-state index >= 15 is 0 Å². The zero-order valence-electron chi connectivity index (χ0n) is 9.84. The van der Waals surface area contributed by atoms with Gasteiger partial charge < -0.3 is 15.6 Å². The number of nitrogens with two attached hydrogens (primary N) is 1. The molecule has 0 saturated heterocycles. The summed E-state index contributed by atoms with van der Waals surface area (Å²) in [6, 6.07) is 5.51. The van der Waals surface area contributed by atoms with E-state index < -0.39 is 11.8 Å². The summed E-state index contributed by atoms with van der Waals surface area (Å²) in [5.41, 5.74) is 6.46. The molecule has 1 heterocycles. The van der Waals surface area contributed by atoms with Gasteiger partial charge in [-0.05, 0) is 18.2 Å². The lowest BCUT2D eigenvalue weighted by atomic mass is 10.2. The Bertz CT molecular complexity index is 617. The topological polar surface area (TPSA) is 85.4 Å². The van der Waals surface area contributed by atoms with E-state index in [0.717, 1.165) is 6.20 Å². The van der Waals surface area contributed by atoms with Crippen LogP contribution in [0.2, 0.25) is 0 Å². The zero-order chi connectivity index (χ0) is 13.8. The lowest BCUT2D eigenvalue weighted by molar-refractivity contribution is 0.0692. The van der Waals surface area contributed by atoms with Crippen LogP contribution in [0, 0.1) is 5.82 Å². The molecule has 98 valence electrons. The number of hydrogen-bond acceptors (Lipinski definition) is 4. The van der Waals surface area contributed by atoms with Crippen LogP contribution in [0.15, 0.2) is 36.7 Å². The number of carbonyl (C=O) groups is 1. The fourth-order valence-electron chi connectivity index (χ4n) is 1.53. The summed E-state index contributed by atoms with van der Waals surface area (Å²) in [7, 11) is 0. The Balaban J connectivity index is 2.19. The van der Waals surface area contributed by atoms with Gasteiger partial charge in [0.05, 0.1) is 6.20 Å². The molecule has 0 aliphatic rings. The second kappa shape index (κ2) is 5.34. The van der Waals surface area contributed by atoms with Crippen LogP contribution in [0.4, 0.5) is 10.1 Å². The van der Waals surface area contributed by atoms with Crippen molar-refractivity contribution < 1.29 is 19.0 Å². The number of benzene rings is 1. The van der Waals surface area contributed by atoms with E-state index in [4.69, 9.17) is 15.6 Å². The van der Waals surface area contributed by atoms with Crippen molar-refractivity contribution in [3.8, 4) is 5.75 Å². The lowest BCUT2D eigenvalue weighted by Crippen LogP contribution is -2.04. The molecule has 2 rings (SSSR count). The van der Waals surface area contributed by atoms with Crippen LogP contribution in [0.25, 0.3) is 0 Å². The molecule has 0 radical (unpaired) electrons. The van der Waals surface area contributed by atoms with E-state index in [1.165, 1.54) is 30.5 Å². The van der Waals surface area contributed by atoms with E-state index in [2.05, 4.69) is 4.98 Å². The monoisotopic (exact) mass is 262 g/mol. The van der Waals surface area contributed by atoms with Gasteiger partial charge in [0.25, 0.3) is 0 Å². The number of carboxylic acid groups (broad SMARTS) is 1. The molecule has 5 nitrogen and oxygen atoms in total. The fraction of sp³-hybridized carbons (Fsp3) is 0.0769. The van der Waals surface area contributed by atoms with Crippen molar-refractivity contribution in [3.63, 3.8) is 0 Å². The summed E-state index contributed by atoms with van der Waals surface area (Å²) >= 11 is 0. The van der Waals surface area contributed by atoms with Crippen molar-refractivity contribution >= 4 is 11.7 Å². The first-order valence-corrected chi connectivity index (χ1v) is 5.41. The second-order valence-electron chi connectivity index (χ2n) is 3.86. The van der Waals surface area contributed by atoms with Crippen LogP contribution >= 0.6 is 0 Å². The summed E-state index contributed by atoms with van der Waals surface area (Å²) in [6.45, 7) is 0.00843. The molecule has 1 aromatic heterocycles. The molecule has 0 saturated carbocycles. The highest BCUT2D eigenvalue weighted by Crippen LogP contribution is 2.23. The van der Waals surface area contributed by atoms with E-state index in [0.29, 0.717) is 11.3 Å². The number of aromatic carboxylic acids is 1. The SMILES string of the molecule is Nc1ccc(C(=O)O)c(OCc2cncc(F)c2)c1. The predicted octanol–water partition coefficient (Wildman–Crippen LogP) is 2.08. The van der Waals surface area contributed by atoms with Crippen LogP contribution < -0.4 is 10.5 Å². The van der Waals surface area contributed by atoms with Crippen molar-refractivity contribution in [1.29, 1.82) is 0 Å². The third-order valence-corrected chi connectivity index (χ3v) is 2.39. The molecule has 0 atom stereocenters. The largest absolute Gasteiger partial charge is 0.488 e. The molecule has 6 heteroatoms. The van der Waals surface area contributed by atoms with Crippen molar-refractivity contribution in [2.45, 2.75) is 6.61 Å². The molecule has 0 spiro atoms. The number of nitrogen functional groups attached to an aromatic ring is 1. The Kier molecular flexibility index (Phi) is 3.61. The van der Waals surface area contributed by atoms with E-state index in [1.54, 1.807) is 0 Å². The number of hydrogen-bond donors (Lipinski definition) is 2. The highest BCUT2D eigenvalue weighted by molar-refractivity contribution is 5.91. The molecule has 1 aromatic carbocycles. The summed E-state index contributed by atoms with van der Waals surface area (Å²) in [5, 5.41) is 9.00. The summed E-state index contributed by atoms with van der Waals surface area (Å²) in [6.07, 6.45) is 2.52. The van der Waals surface area contributed by atoms with Crippen molar-refractivity contribution in [2.75, 3.05) is 5.73 Å². The van der Waals surface area contributed by atoms with E-state index in [-0.39, 0.29) is 17.9 Å². The summed E-state index contributed by atoms with van der Waals surface area (Å²) in [4.78, 5) is 14.7. The molecular weight excluding hydrogens is 251 g/mol. The van der Waals surface area contributed by atoms with Crippen LogP contribution in [0.3, 0.4) is 0 Å². The van der Waals surface area contributed by atoms with Gasteiger partial charge in [0.2, 0.25) is 0 Å². The molecule has 0 bridgehead atoms. The minimum absolute atomic E-state index is 0.00133. The number of ether oxygens (including phenoxy) is 1. The van der Waals surface area contributed by atoms with Gasteiger partial charge in [-0.25, -0.2) is 9.18 Å². The van der Waals surface area contributed by atoms with Gasteiger partial charge in [-0.2, -0.15) is 0 Å². The zero-order valence-corrected chi connectivity index (χ0v) is 9.84. The third-order valence-electron chi connectivity index (χ3n) is 2.39. The molecule has 0 unspecified atom stereocenters. The molecular formula is C13H11FN2O3. The van der Waals surface area contributed by atoms with Gasteiger partial charge in [-0.1, -0.05) is 0 Å². The van der Waals surface area contributed by atoms with Gasteiger partial charge >= 0.3 is 5.97 Å². The quantitative estimate of drug-likeness (QED) is 0.824. The van der Waals surface area contributed by atoms with Crippen molar-refractivity contribution in [3.05, 3.63) is 53.6 Å². The average molecular weight is 262 g/mol. The Morgan fingerprint density at radius 1 is 1.37 bits per heavy atom. The number of anilines is 1. The number of pyridine rings is 1. The average Bonchev–Trinajstić information content (AvgIpc) is 2.36. The van der Waals surface area contributed by atoms with E-state index in [1.807, 2.05) is 0 Å². The Morgan fingerprint density at radius 2 is 2.16 bits per heavy atom. The van der Waals surface area contributed by atoms with E-state index in [9.17, 15) is 9.18 Å². The first kappa shape index (κ1) is 12.8. The number of rotatable bonds is 4. The van der Waals surface area contributed by atoms with Crippen LogP contribution in [-0.4, -0.2) is 16.1 Å². The molecule has 19 heavy (non-hydrogen) atoms. The minimum atomic E-state index is -1.12. The smallest absolute Gasteiger partial charge is 0.339 e. The van der Waals surface area contributed by atoms with Crippen molar-refractivity contribution in [1.82, 2.24) is 4.98 Å². The first-order chi connectivity index (χ1) is 9.06. The Morgan fingerprint density at radius 3 is 2.84 bits per heavy atom. The van der Waals surface area contributed by atoms with Gasteiger partial charge in [0, 0.05) is 23.5 Å². The second-order valence-corrected chi connectivity index (χ2v) is 3.86.